The number of rotatable bonds is 8. The summed E-state index contributed by atoms with van der Waals surface area (Å²) in [5.74, 6) is 0.0576. The molecule has 0 atom stereocenters. The van der Waals surface area contributed by atoms with E-state index in [1.807, 2.05) is 7.05 Å². The van der Waals surface area contributed by atoms with Crippen LogP contribution in [0.25, 0.3) is 0 Å². The molecule has 0 aliphatic carbocycles. The Kier molecular flexibility index (Phi) is 6.31. The van der Waals surface area contributed by atoms with Gasteiger partial charge in [0.25, 0.3) is 11.6 Å². The van der Waals surface area contributed by atoms with Gasteiger partial charge < -0.3 is 15.4 Å². The first-order valence-electron chi connectivity index (χ1n) is 5.92. The molecular weight excluding hydrogens is 250 g/mol. The van der Waals surface area contributed by atoms with E-state index in [-0.39, 0.29) is 18.2 Å². The van der Waals surface area contributed by atoms with Crippen LogP contribution < -0.4 is 15.4 Å². The largest absolute Gasteiger partial charge is 0.484 e. The van der Waals surface area contributed by atoms with E-state index < -0.39 is 4.92 Å². The van der Waals surface area contributed by atoms with E-state index >= 15 is 0 Å². The Labute approximate surface area is 111 Å². The summed E-state index contributed by atoms with van der Waals surface area (Å²) in [6.45, 7) is 1.24. The van der Waals surface area contributed by atoms with Gasteiger partial charge in [0, 0.05) is 12.6 Å². The quantitative estimate of drug-likeness (QED) is 0.411. The Morgan fingerprint density at radius 3 is 2.89 bits per heavy atom. The maximum atomic E-state index is 11.4. The van der Waals surface area contributed by atoms with Crippen LogP contribution in [0.4, 0.5) is 5.69 Å². The number of hydrogen-bond acceptors (Lipinski definition) is 5. The lowest BCUT2D eigenvalue weighted by Crippen LogP contribution is -2.30. The van der Waals surface area contributed by atoms with Gasteiger partial charge in [-0.1, -0.05) is 6.07 Å². The zero-order valence-electron chi connectivity index (χ0n) is 10.7. The number of amides is 1. The molecule has 0 unspecified atom stereocenters. The summed E-state index contributed by atoms with van der Waals surface area (Å²) in [7, 11) is 1.84. The molecule has 104 valence electrons. The molecule has 0 bridgehead atoms. The van der Waals surface area contributed by atoms with Gasteiger partial charge in [-0.15, -0.1) is 0 Å². The van der Waals surface area contributed by atoms with E-state index in [2.05, 4.69) is 10.6 Å². The van der Waals surface area contributed by atoms with E-state index in [0.29, 0.717) is 12.3 Å². The summed E-state index contributed by atoms with van der Waals surface area (Å²) in [4.78, 5) is 21.5. The summed E-state index contributed by atoms with van der Waals surface area (Å²) < 4.78 is 5.18. The number of hydrogen-bond donors (Lipinski definition) is 2. The second-order valence-corrected chi connectivity index (χ2v) is 3.85. The van der Waals surface area contributed by atoms with Crippen LogP contribution in [-0.2, 0) is 4.79 Å². The standard InChI is InChI=1S/C12H17N3O4/c1-13-6-3-7-14-12(16)9-19-11-5-2-4-10(8-11)15(17)18/h2,4-5,8,13H,3,6-7,9H2,1H3,(H,14,16). The molecule has 0 aliphatic rings. The molecule has 7 nitrogen and oxygen atoms in total. The summed E-state index contributed by atoms with van der Waals surface area (Å²) in [5.41, 5.74) is -0.0630. The Morgan fingerprint density at radius 1 is 1.42 bits per heavy atom. The smallest absolute Gasteiger partial charge is 0.273 e. The Morgan fingerprint density at radius 2 is 2.21 bits per heavy atom. The summed E-state index contributed by atoms with van der Waals surface area (Å²) in [6, 6.07) is 5.73. The number of benzene rings is 1. The van der Waals surface area contributed by atoms with E-state index in [0.717, 1.165) is 13.0 Å². The van der Waals surface area contributed by atoms with E-state index in [1.165, 1.54) is 18.2 Å². The van der Waals surface area contributed by atoms with E-state index in [1.54, 1.807) is 6.07 Å². The van der Waals surface area contributed by atoms with Crippen molar-refractivity contribution in [2.75, 3.05) is 26.7 Å². The number of nitro benzene ring substituents is 1. The molecule has 2 N–H and O–H groups in total. The lowest BCUT2D eigenvalue weighted by molar-refractivity contribution is -0.384. The van der Waals surface area contributed by atoms with Gasteiger partial charge in [-0.05, 0) is 26.1 Å². The molecule has 0 fully saturated rings. The monoisotopic (exact) mass is 267 g/mol. The maximum Gasteiger partial charge on any atom is 0.273 e. The SMILES string of the molecule is CNCCCNC(=O)COc1cccc([N+](=O)[O-])c1. The topological polar surface area (TPSA) is 93.5 Å². The minimum Gasteiger partial charge on any atom is -0.484 e. The summed E-state index contributed by atoms with van der Waals surface area (Å²) >= 11 is 0. The number of non-ortho nitro benzene ring substituents is 1. The van der Waals surface area contributed by atoms with Crippen LogP contribution in [0.5, 0.6) is 5.75 Å². The average molecular weight is 267 g/mol. The molecule has 19 heavy (non-hydrogen) atoms. The number of ether oxygens (including phenoxy) is 1. The van der Waals surface area contributed by atoms with Crippen LogP contribution in [0, 0.1) is 10.1 Å². The first-order valence-corrected chi connectivity index (χ1v) is 5.92. The molecule has 0 saturated carbocycles. The molecule has 0 aliphatic heterocycles. The minimum absolute atomic E-state index is 0.0630. The van der Waals surface area contributed by atoms with Crippen LogP contribution in [-0.4, -0.2) is 37.6 Å². The molecule has 7 heteroatoms. The van der Waals surface area contributed by atoms with E-state index in [4.69, 9.17) is 4.74 Å². The van der Waals surface area contributed by atoms with Gasteiger partial charge in [0.2, 0.25) is 0 Å². The Hall–Kier alpha value is -2.15. The Balaban J connectivity index is 2.33. The molecule has 1 aromatic carbocycles. The third-order valence-corrected chi connectivity index (χ3v) is 2.32. The van der Waals surface area contributed by atoms with Crippen molar-refractivity contribution >= 4 is 11.6 Å². The van der Waals surface area contributed by atoms with Crippen LogP contribution in [0.3, 0.4) is 0 Å². The van der Waals surface area contributed by atoms with Crippen molar-refractivity contribution in [2.45, 2.75) is 6.42 Å². The number of nitrogens with zero attached hydrogens (tertiary/aromatic N) is 1. The molecule has 0 aromatic heterocycles. The highest BCUT2D eigenvalue weighted by Crippen LogP contribution is 2.18. The van der Waals surface area contributed by atoms with Gasteiger partial charge in [-0.25, -0.2) is 0 Å². The molecular formula is C12H17N3O4. The third-order valence-electron chi connectivity index (χ3n) is 2.32. The molecule has 0 heterocycles. The van der Waals surface area contributed by atoms with Crippen molar-refractivity contribution in [3.8, 4) is 5.75 Å². The van der Waals surface area contributed by atoms with Crippen molar-refractivity contribution in [3.63, 3.8) is 0 Å². The third kappa shape index (κ3) is 5.82. The van der Waals surface area contributed by atoms with E-state index in [9.17, 15) is 14.9 Å². The second-order valence-electron chi connectivity index (χ2n) is 3.85. The zero-order valence-corrected chi connectivity index (χ0v) is 10.7. The average Bonchev–Trinajstić information content (AvgIpc) is 2.41. The molecule has 0 radical (unpaired) electrons. The highest BCUT2D eigenvalue weighted by atomic mass is 16.6. The van der Waals surface area contributed by atoms with Crippen LogP contribution >= 0.6 is 0 Å². The lowest BCUT2D eigenvalue weighted by Gasteiger charge is -2.07. The van der Waals surface area contributed by atoms with Gasteiger partial charge >= 0.3 is 0 Å². The van der Waals surface area contributed by atoms with Gasteiger partial charge in [-0.3, -0.25) is 14.9 Å². The summed E-state index contributed by atoms with van der Waals surface area (Å²) in [5, 5.41) is 16.2. The molecule has 1 amide bonds. The molecule has 0 spiro atoms. The zero-order chi connectivity index (χ0) is 14.1. The van der Waals surface area contributed by atoms with Gasteiger partial charge in [-0.2, -0.15) is 0 Å². The van der Waals surface area contributed by atoms with Gasteiger partial charge in [0.15, 0.2) is 6.61 Å². The van der Waals surface area contributed by atoms with Crippen LogP contribution in [0.15, 0.2) is 24.3 Å². The van der Waals surface area contributed by atoms with Crippen molar-refractivity contribution in [1.82, 2.24) is 10.6 Å². The fourth-order valence-electron chi connectivity index (χ4n) is 1.38. The molecule has 1 aromatic rings. The lowest BCUT2D eigenvalue weighted by atomic mass is 10.3. The molecule has 0 saturated heterocycles. The summed E-state index contributed by atoms with van der Waals surface area (Å²) in [6.07, 6.45) is 0.832. The highest BCUT2D eigenvalue weighted by Gasteiger charge is 2.07. The van der Waals surface area contributed by atoms with Crippen LogP contribution in [0.1, 0.15) is 6.42 Å². The van der Waals surface area contributed by atoms with Gasteiger partial charge in [0.05, 0.1) is 11.0 Å². The molecule has 1 rings (SSSR count). The van der Waals surface area contributed by atoms with Gasteiger partial charge in [0.1, 0.15) is 5.75 Å². The second kappa shape index (κ2) is 8.04. The fourth-order valence-corrected chi connectivity index (χ4v) is 1.38. The number of nitro groups is 1. The van der Waals surface area contributed by atoms with Crippen LogP contribution in [0.2, 0.25) is 0 Å². The minimum atomic E-state index is -0.509. The highest BCUT2D eigenvalue weighted by molar-refractivity contribution is 5.77. The first kappa shape index (κ1) is 14.9. The van der Waals surface area contributed by atoms with Crippen molar-refractivity contribution in [1.29, 1.82) is 0 Å². The predicted octanol–water partition coefficient (Wildman–Crippen LogP) is 0.699. The maximum absolute atomic E-state index is 11.4. The normalized spacial score (nSPS) is 9.95. The Bertz CT molecular complexity index is 437. The number of carbonyl (C=O) groups is 1. The predicted molar refractivity (Wildman–Crippen MR) is 70.1 cm³/mol. The van der Waals surface area contributed by atoms with Crippen molar-refractivity contribution < 1.29 is 14.5 Å². The number of nitrogens with one attached hydrogen (secondary N) is 2. The first-order chi connectivity index (χ1) is 9.13. The van der Waals surface area contributed by atoms with Crippen molar-refractivity contribution in [3.05, 3.63) is 34.4 Å². The van der Waals surface area contributed by atoms with Crippen molar-refractivity contribution in [2.24, 2.45) is 0 Å². The fraction of sp³-hybridized carbons (Fsp3) is 0.417. The number of carbonyl (C=O) groups excluding carboxylic acids is 1.